The fraction of sp³-hybridized carbons (Fsp3) is 0.143. The number of benzene rings is 1. The predicted octanol–water partition coefficient (Wildman–Crippen LogP) is 3.61. The van der Waals surface area contributed by atoms with Gasteiger partial charge in [-0.2, -0.15) is 0 Å². The Labute approximate surface area is 113 Å². The van der Waals surface area contributed by atoms with Crippen molar-refractivity contribution in [2.75, 3.05) is 7.11 Å². The zero-order valence-corrected chi connectivity index (χ0v) is 10.4. The fourth-order valence-corrected chi connectivity index (χ4v) is 1.72. The first-order valence-corrected chi connectivity index (χ1v) is 5.65. The van der Waals surface area contributed by atoms with Gasteiger partial charge in [-0.25, -0.2) is 18.0 Å². The molecule has 0 aliphatic rings. The van der Waals surface area contributed by atoms with Gasteiger partial charge in [-0.05, 0) is 35.4 Å². The van der Waals surface area contributed by atoms with Crippen molar-refractivity contribution >= 4 is 5.97 Å². The first-order valence-electron chi connectivity index (χ1n) is 5.65. The van der Waals surface area contributed by atoms with Gasteiger partial charge in [-0.15, -0.1) is 0 Å². The molecule has 6 heteroatoms. The van der Waals surface area contributed by atoms with E-state index in [4.69, 9.17) is 0 Å². The van der Waals surface area contributed by atoms with E-state index in [0.29, 0.717) is 11.1 Å². The molecule has 0 spiro atoms. The van der Waals surface area contributed by atoms with Gasteiger partial charge in [0.1, 0.15) is 11.5 Å². The summed E-state index contributed by atoms with van der Waals surface area (Å²) < 4.78 is 43.3. The van der Waals surface area contributed by atoms with Gasteiger partial charge >= 0.3 is 5.97 Å². The summed E-state index contributed by atoms with van der Waals surface area (Å²) in [5.41, 5.74) is 0.171. The summed E-state index contributed by atoms with van der Waals surface area (Å²) in [6.07, 6.45) is -1.47. The van der Waals surface area contributed by atoms with Crippen molar-refractivity contribution in [3.8, 4) is 11.1 Å². The van der Waals surface area contributed by atoms with Crippen molar-refractivity contribution in [2.24, 2.45) is 0 Å². The van der Waals surface area contributed by atoms with Gasteiger partial charge in [-0.3, -0.25) is 4.98 Å². The lowest BCUT2D eigenvalue weighted by atomic mass is 10.0. The van der Waals surface area contributed by atoms with Crippen molar-refractivity contribution < 1.29 is 22.7 Å². The molecule has 0 amide bonds. The van der Waals surface area contributed by atoms with Crippen molar-refractivity contribution in [3.05, 3.63) is 53.6 Å². The van der Waals surface area contributed by atoms with Gasteiger partial charge in [0.15, 0.2) is 0 Å². The zero-order chi connectivity index (χ0) is 14.7. The first kappa shape index (κ1) is 14.0. The van der Waals surface area contributed by atoms with Crippen LogP contribution in [-0.4, -0.2) is 18.1 Å². The quantitative estimate of drug-likeness (QED) is 0.807. The minimum atomic E-state index is -2.70. The molecule has 0 fully saturated rings. The summed E-state index contributed by atoms with van der Waals surface area (Å²) in [6.45, 7) is 0. The number of hydrogen-bond donors (Lipinski definition) is 0. The smallest absolute Gasteiger partial charge is 0.340 e. The molecule has 1 heterocycles. The molecule has 104 valence electrons. The first-order chi connectivity index (χ1) is 9.52. The molecule has 3 nitrogen and oxygen atoms in total. The average Bonchev–Trinajstić information content (AvgIpc) is 2.46. The number of nitrogens with zero attached hydrogens (tertiary/aromatic N) is 1. The molecule has 0 bridgehead atoms. The lowest BCUT2D eigenvalue weighted by Crippen LogP contribution is -2.04. The summed E-state index contributed by atoms with van der Waals surface area (Å²) in [5, 5.41) is 0. The van der Waals surface area contributed by atoms with Crippen molar-refractivity contribution in [3.63, 3.8) is 0 Å². The topological polar surface area (TPSA) is 39.2 Å². The van der Waals surface area contributed by atoms with Gasteiger partial charge < -0.3 is 4.74 Å². The Morgan fingerprint density at radius 3 is 2.50 bits per heavy atom. The number of aromatic nitrogens is 1. The van der Waals surface area contributed by atoms with Gasteiger partial charge in [-0.1, -0.05) is 6.07 Å². The van der Waals surface area contributed by atoms with Crippen LogP contribution in [0.2, 0.25) is 0 Å². The number of pyridine rings is 1. The lowest BCUT2D eigenvalue weighted by molar-refractivity contribution is 0.0595. The maximum atomic E-state index is 13.8. The molecular formula is C14H10F3NO2. The molecule has 0 atom stereocenters. The van der Waals surface area contributed by atoms with E-state index in [-0.39, 0.29) is 11.3 Å². The number of ether oxygens (including phenoxy) is 1. The minimum Gasteiger partial charge on any atom is -0.465 e. The van der Waals surface area contributed by atoms with Crippen LogP contribution in [0.1, 0.15) is 22.5 Å². The third-order valence-electron chi connectivity index (χ3n) is 2.71. The largest absolute Gasteiger partial charge is 0.465 e. The number of hydrogen-bond acceptors (Lipinski definition) is 3. The van der Waals surface area contributed by atoms with Crippen molar-refractivity contribution in [2.45, 2.75) is 6.43 Å². The molecule has 0 aliphatic carbocycles. The van der Waals surface area contributed by atoms with Crippen LogP contribution in [0.3, 0.4) is 0 Å². The second kappa shape index (κ2) is 5.73. The van der Waals surface area contributed by atoms with E-state index in [9.17, 15) is 18.0 Å². The standard InChI is InChI=1S/C14H10F3NO2/c1-20-14(19)10-3-2-8(6-11(10)15)9-4-5-18-12(7-9)13(16)17/h2-7,13H,1H3. The Balaban J connectivity index is 2.41. The highest BCUT2D eigenvalue weighted by molar-refractivity contribution is 5.90. The summed E-state index contributed by atoms with van der Waals surface area (Å²) >= 11 is 0. The van der Waals surface area contributed by atoms with Gasteiger partial charge in [0, 0.05) is 6.20 Å². The normalized spacial score (nSPS) is 10.7. The van der Waals surface area contributed by atoms with Crippen LogP contribution >= 0.6 is 0 Å². The molecule has 0 radical (unpaired) electrons. The van der Waals surface area contributed by atoms with Crippen LogP contribution in [0.5, 0.6) is 0 Å². The van der Waals surface area contributed by atoms with Gasteiger partial charge in [0.2, 0.25) is 0 Å². The molecule has 0 saturated heterocycles. The number of carbonyl (C=O) groups excluding carboxylic acids is 1. The molecule has 0 saturated carbocycles. The van der Waals surface area contributed by atoms with Crippen LogP contribution in [0.15, 0.2) is 36.5 Å². The highest BCUT2D eigenvalue weighted by Gasteiger charge is 2.14. The monoisotopic (exact) mass is 281 g/mol. The Hall–Kier alpha value is -2.37. The highest BCUT2D eigenvalue weighted by Crippen LogP contribution is 2.25. The summed E-state index contributed by atoms with van der Waals surface area (Å²) in [6, 6.07) is 6.46. The fourth-order valence-electron chi connectivity index (χ4n) is 1.72. The van der Waals surface area contributed by atoms with Gasteiger partial charge in [0.25, 0.3) is 6.43 Å². The summed E-state index contributed by atoms with van der Waals surface area (Å²) in [4.78, 5) is 14.8. The number of rotatable bonds is 3. The molecule has 0 aliphatic heterocycles. The zero-order valence-electron chi connectivity index (χ0n) is 10.4. The molecular weight excluding hydrogens is 271 g/mol. The predicted molar refractivity (Wildman–Crippen MR) is 65.9 cm³/mol. The lowest BCUT2D eigenvalue weighted by Gasteiger charge is -2.06. The van der Waals surface area contributed by atoms with E-state index < -0.39 is 18.2 Å². The SMILES string of the molecule is COC(=O)c1ccc(-c2ccnc(C(F)F)c2)cc1F. The third kappa shape index (κ3) is 2.79. The summed E-state index contributed by atoms with van der Waals surface area (Å²) in [5.74, 6) is -1.57. The Morgan fingerprint density at radius 2 is 1.90 bits per heavy atom. The number of carbonyl (C=O) groups is 1. The molecule has 1 aromatic heterocycles. The van der Waals surface area contributed by atoms with Crippen LogP contribution in [0.4, 0.5) is 13.2 Å². The number of methoxy groups -OCH3 is 1. The average molecular weight is 281 g/mol. The van der Waals surface area contributed by atoms with E-state index in [0.717, 1.165) is 13.2 Å². The van der Waals surface area contributed by atoms with Crippen molar-refractivity contribution in [1.82, 2.24) is 4.98 Å². The maximum Gasteiger partial charge on any atom is 0.340 e. The van der Waals surface area contributed by atoms with Crippen molar-refractivity contribution in [1.29, 1.82) is 0 Å². The van der Waals surface area contributed by atoms with Gasteiger partial charge in [0.05, 0.1) is 12.7 Å². The van der Waals surface area contributed by atoms with E-state index in [1.807, 2.05) is 0 Å². The number of halogens is 3. The molecule has 0 N–H and O–H groups in total. The summed E-state index contributed by atoms with van der Waals surface area (Å²) in [7, 11) is 1.15. The van der Waals surface area contributed by atoms with Crippen LogP contribution in [-0.2, 0) is 4.74 Å². The molecule has 2 rings (SSSR count). The molecule has 2 aromatic rings. The van der Waals surface area contributed by atoms with E-state index in [2.05, 4.69) is 9.72 Å². The second-order valence-electron chi connectivity index (χ2n) is 3.96. The highest BCUT2D eigenvalue weighted by atomic mass is 19.3. The minimum absolute atomic E-state index is 0.209. The maximum absolute atomic E-state index is 13.8. The van der Waals surface area contributed by atoms with E-state index >= 15 is 0 Å². The van der Waals surface area contributed by atoms with E-state index in [1.54, 1.807) is 0 Å². The Bertz CT molecular complexity index is 644. The molecule has 20 heavy (non-hydrogen) atoms. The third-order valence-corrected chi connectivity index (χ3v) is 2.71. The second-order valence-corrected chi connectivity index (χ2v) is 3.96. The van der Waals surface area contributed by atoms with Crippen LogP contribution < -0.4 is 0 Å². The Morgan fingerprint density at radius 1 is 1.20 bits per heavy atom. The molecule has 0 unspecified atom stereocenters. The van der Waals surface area contributed by atoms with Crippen LogP contribution in [0.25, 0.3) is 11.1 Å². The number of esters is 1. The number of alkyl halides is 2. The molecule has 1 aromatic carbocycles. The van der Waals surface area contributed by atoms with Crippen LogP contribution in [0, 0.1) is 5.82 Å². The Kier molecular flexibility index (Phi) is 4.02. The van der Waals surface area contributed by atoms with E-state index in [1.165, 1.54) is 30.5 Å².